The minimum atomic E-state index is -1.54. The summed E-state index contributed by atoms with van der Waals surface area (Å²) in [6.45, 7) is 0.214. The van der Waals surface area contributed by atoms with E-state index in [9.17, 15) is 19.5 Å². The molecular formula is C25H32N2O5. The SMILES string of the molecule is NC1(C(CCc2ccccc2)C(=O)O)CCCC2CC=CC=C2N(CCCC(=O)O)C1=O. The van der Waals surface area contributed by atoms with Crippen molar-refractivity contribution in [3.8, 4) is 0 Å². The van der Waals surface area contributed by atoms with Crippen molar-refractivity contribution in [2.75, 3.05) is 6.54 Å². The monoisotopic (exact) mass is 440 g/mol. The molecule has 1 aromatic carbocycles. The highest BCUT2D eigenvalue weighted by molar-refractivity contribution is 5.93. The third-order valence-electron chi connectivity index (χ3n) is 6.60. The highest BCUT2D eigenvalue weighted by Crippen LogP contribution is 2.38. The van der Waals surface area contributed by atoms with Crippen LogP contribution >= 0.6 is 0 Å². The highest BCUT2D eigenvalue weighted by atomic mass is 16.4. The van der Waals surface area contributed by atoms with Gasteiger partial charge in [-0.3, -0.25) is 14.4 Å². The molecule has 3 rings (SSSR count). The Balaban J connectivity index is 1.89. The minimum Gasteiger partial charge on any atom is -0.481 e. The number of allylic oxidation sites excluding steroid dienone is 4. The number of benzene rings is 1. The zero-order valence-corrected chi connectivity index (χ0v) is 18.3. The molecule has 1 aliphatic carbocycles. The molecule has 172 valence electrons. The van der Waals surface area contributed by atoms with Crippen molar-refractivity contribution < 1.29 is 24.6 Å². The van der Waals surface area contributed by atoms with E-state index < -0.39 is 29.3 Å². The topological polar surface area (TPSA) is 121 Å². The van der Waals surface area contributed by atoms with E-state index in [0.717, 1.165) is 24.1 Å². The number of amides is 1. The lowest BCUT2D eigenvalue weighted by Crippen LogP contribution is -2.62. The number of fused-ring (bicyclic) bond motifs is 1. The van der Waals surface area contributed by atoms with Crippen molar-refractivity contribution in [1.29, 1.82) is 0 Å². The van der Waals surface area contributed by atoms with E-state index in [1.165, 1.54) is 0 Å². The van der Waals surface area contributed by atoms with Gasteiger partial charge < -0.3 is 20.8 Å². The molecule has 2 aliphatic rings. The number of carbonyl (C=O) groups excluding carboxylic acids is 1. The second-order valence-corrected chi connectivity index (χ2v) is 8.75. The molecule has 3 unspecified atom stereocenters. The molecule has 7 heteroatoms. The standard InChI is InChI=1S/C25H32N2O5/c26-25(20(23(30)31)15-14-18-8-2-1-3-9-18)16-6-11-19-10-4-5-12-21(19)27(24(25)32)17-7-13-22(28)29/h1-5,8-9,12,19-20H,6-7,10-11,13-17,26H2,(H,28,29)(H,30,31). The summed E-state index contributed by atoms with van der Waals surface area (Å²) in [6.07, 6.45) is 9.40. The molecule has 1 saturated heterocycles. The summed E-state index contributed by atoms with van der Waals surface area (Å²) in [5.41, 5.74) is 6.97. The van der Waals surface area contributed by atoms with E-state index in [2.05, 4.69) is 6.08 Å². The largest absolute Gasteiger partial charge is 0.481 e. The maximum absolute atomic E-state index is 13.8. The molecule has 0 aromatic heterocycles. The molecule has 4 N–H and O–H groups in total. The average Bonchev–Trinajstić information content (AvgIpc) is 2.76. The fourth-order valence-electron chi connectivity index (χ4n) is 4.86. The van der Waals surface area contributed by atoms with Crippen LogP contribution in [-0.2, 0) is 20.8 Å². The highest BCUT2D eigenvalue weighted by Gasteiger charge is 2.49. The van der Waals surface area contributed by atoms with E-state index in [1.54, 1.807) is 4.90 Å². The maximum atomic E-state index is 13.8. The van der Waals surface area contributed by atoms with Gasteiger partial charge in [0, 0.05) is 24.6 Å². The van der Waals surface area contributed by atoms with Crippen LogP contribution in [0.5, 0.6) is 0 Å². The minimum absolute atomic E-state index is 0.0640. The van der Waals surface area contributed by atoms with Crippen molar-refractivity contribution in [2.24, 2.45) is 17.6 Å². The third-order valence-corrected chi connectivity index (χ3v) is 6.60. The van der Waals surface area contributed by atoms with E-state index in [-0.39, 0.29) is 31.7 Å². The molecule has 0 spiro atoms. The van der Waals surface area contributed by atoms with Crippen LogP contribution in [0.1, 0.15) is 50.5 Å². The summed E-state index contributed by atoms with van der Waals surface area (Å²) in [5, 5.41) is 19.1. The average molecular weight is 441 g/mol. The van der Waals surface area contributed by atoms with Gasteiger partial charge in [-0.25, -0.2) is 0 Å². The molecular weight excluding hydrogens is 408 g/mol. The quantitative estimate of drug-likeness (QED) is 0.541. The summed E-state index contributed by atoms with van der Waals surface area (Å²) in [4.78, 5) is 38.8. The lowest BCUT2D eigenvalue weighted by molar-refractivity contribution is -0.152. The number of rotatable bonds is 9. The molecule has 1 aliphatic heterocycles. The van der Waals surface area contributed by atoms with Gasteiger partial charge in [-0.2, -0.15) is 0 Å². The fourth-order valence-corrected chi connectivity index (χ4v) is 4.86. The Morgan fingerprint density at radius 2 is 1.97 bits per heavy atom. The number of aliphatic carboxylic acids is 2. The van der Waals surface area contributed by atoms with E-state index in [1.807, 2.05) is 42.5 Å². The number of hydrogen-bond acceptors (Lipinski definition) is 4. The van der Waals surface area contributed by atoms with Crippen molar-refractivity contribution in [2.45, 2.75) is 56.9 Å². The Morgan fingerprint density at radius 1 is 1.22 bits per heavy atom. The summed E-state index contributed by atoms with van der Waals surface area (Å²) in [6, 6.07) is 9.57. The molecule has 0 saturated carbocycles. The van der Waals surface area contributed by atoms with Crippen LogP contribution in [0, 0.1) is 11.8 Å². The van der Waals surface area contributed by atoms with Crippen molar-refractivity contribution in [3.63, 3.8) is 0 Å². The first-order valence-corrected chi connectivity index (χ1v) is 11.3. The number of nitrogens with zero attached hydrogens (tertiary/aromatic N) is 1. The Labute approximate surface area is 188 Å². The Morgan fingerprint density at radius 3 is 2.66 bits per heavy atom. The third kappa shape index (κ3) is 5.46. The van der Waals surface area contributed by atoms with Gasteiger partial charge in [-0.15, -0.1) is 0 Å². The van der Waals surface area contributed by atoms with E-state index in [4.69, 9.17) is 10.8 Å². The molecule has 3 atom stereocenters. The molecule has 1 aromatic rings. The molecule has 1 amide bonds. The molecule has 1 heterocycles. The molecule has 1 fully saturated rings. The number of carboxylic acid groups (broad SMARTS) is 2. The van der Waals surface area contributed by atoms with Gasteiger partial charge in [0.15, 0.2) is 0 Å². The Bertz CT molecular complexity index is 895. The van der Waals surface area contributed by atoms with E-state index >= 15 is 0 Å². The normalized spacial score (nSPS) is 24.2. The van der Waals surface area contributed by atoms with Gasteiger partial charge in [-0.1, -0.05) is 48.9 Å². The van der Waals surface area contributed by atoms with Crippen LogP contribution < -0.4 is 5.73 Å². The summed E-state index contributed by atoms with van der Waals surface area (Å²) in [5.74, 6) is -3.28. The van der Waals surface area contributed by atoms with Crippen LogP contribution in [0.4, 0.5) is 0 Å². The van der Waals surface area contributed by atoms with Crippen molar-refractivity contribution >= 4 is 17.8 Å². The van der Waals surface area contributed by atoms with Crippen LogP contribution in [0.25, 0.3) is 0 Å². The van der Waals surface area contributed by atoms with Crippen LogP contribution in [0.3, 0.4) is 0 Å². The Kier molecular flexibility index (Phi) is 7.85. The van der Waals surface area contributed by atoms with Crippen LogP contribution in [-0.4, -0.2) is 45.0 Å². The lowest BCUT2D eigenvalue weighted by Gasteiger charge is -2.43. The van der Waals surface area contributed by atoms with Gasteiger partial charge >= 0.3 is 11.9 Å². The fraction of sp³-hybridized carbons (Fsp3) is 0.480. The van der Waals surface area contributed by atoms with Gasteiger partial charge in [0.1, 0.15) is 5.54 Å². The van der Waals surface area contributed by atoms with Gasteiger partial charge in [0.2, 0.25) is 5.91 Å². The first-order valence-electron chi connectivity index (χ1n) is 11.3. The second-order valence-electron chi connectivity index (χ2n) is 8.75. The predicted octanol–water partition coefficient (Wildman–Crippen LogP) is 3.35. The van der Waals surface area contributed by atoms with Crippen molar-refractivity contribution in [3.05, 3.63) is 59.8 Å². The number of hydrogen-bond donors (Lipinski definition) is 3. The van der Waals surface area contributed by atoms with Crippen molar-refractivity contribution in [1.82, 2.24) is 4.90 Å². The summed E-state index contributed by atoms with van der Waals surface area (Å²) in [7, 11) is 0. The Hall–Kier alpha value is -2.93. The zero-order valence-electron chi connectivity index (χ0n) is 18.3. The number of likely N-dealkylation sites (tertiary alicyclic amines) is 1. The van der Waals surface area contributed by atoms with E-state index in [0.29, 0.717) is 19.3 Å². The molecule has 7 nitrogen and oxygen atoms in total. The maximum Gasteiger partial charge on any atom is 0.308 e. The number of carboxylic acids is 2. The van der Waals surface area contributed by atoms with Crippen LogP contribution in [0.15, 0.2) is 54.3 Å². The zero-order chi connectivity index (χ0) is 23.1. The summed E-state index contributed by atoms with van der Waals surface area (Å²) < 4.78 is 0. The first kappa shape index (κ1) is 23.7. The molecule has 0 bridgehead atoms. The summed E-state index contributed by atoms with van der Waals surface area (Å²) >= 11 is 0. The number of nitrogens with two attached hydrogens (primary N) is 1. The second kappa shape index (κ2) is 10.6. The van der Waals surface area contributed by atoms with Crippen LogP contribution in [0.2, 0.25) is 0 Å². The van der Waals surface area contributed by atoms with Gasteiger partial charge in [0.05, 0.1) is 5.92 Å². The van der Waals surface area contributed by atoms with Gasteiger partial charge in [-0.05, 0) is 50.2 Å². The number of carbonyl (C=O) groups is 3. The first-order chi connectivity index (χ1) is 15.3. The predicted molar refractivity (Wildman–Crippen MR) is 121 cm³/mol. The number of aryl methyl sites for hydroxylation is 1. The van der Waals surface area contributed by atoms with Gasteiger partial charge in [0.25, 0.3) is 0 Å². The molecule has 0 radical (unpaired) electrons. The molecule has 32 heavy (non-hydrogen) atoms. The lowest BCUT2D eigenvalue weighted by atomic mass is 9.73. The smallest absolute Gasteiger partial charge is 0.308 e.